The predicted octanol–water partition coefficient (Wildman–Crippen LogP) is 4.28. The number of primary sulfonamides is 1. The van der Waals surface area contributed by atoms with E-state index in [1.54, 1.807) is 37.3 Å². The molecule has 2 N–H and O–H groups in total. The lowest BCUT2D eigenvalue weighted by Gasteiger charge is -2.21. The lowest BCUT2D eigenvalue weighted by molar-refractivity contribution is -0.126. The Balaban J connectivity index is 2.20. The Kier molecular flexibility index (Phi) is 5.12. The van der Waals surface area contributed by atoms with E-state index in [9.17, 15) is 13.2 Å². The molecular formula is C19H17Cl2NO4S. The number of ether oxygens (including phenoxy) is 1. The molecule has 1 aliphatic heterocycles. The summed E-state index contributed by atoms with van der Waals surface area (Å²) in [7, 11) is -3.82. The highest BCUT2D eigenvalue weighted by Gasteiger charge is 2.45. The van der Waals surface area contributed by atoms with Gasteiger partial charge in [-0.3, -0.25) is 4.79 Å². The van der Waals surface area contributed by atoms with Crippen molar-refractivity contribution in [1.82, 2.24) is 0 Å². The van der Waals surface area contributed by atoms with Crippen LogP contribution in [0.1, 0.15) is 31.4 Å². The third-order valence-corrected chi connectivity index (χ3v) is 5.90. The number of hydrogen-bond donors (Lipinski definition) is 1. The highest BCUT2D eigenvalue weighted by molar-refractivity contribution is 7.89. The van der Waals surface area contributed by atoms with Gasteiger partial charge in [0.15, 0.2) is 5.60 Å². The van der Waals surface area contributed by atoms with Crippen LogP contribution in [0.3, 0.4) is 0 Å². The van der Waals surface area contributed by atoms with E-state index in [4.69, 9.17) is 33.1 Å². The van der Waals surface area contributed by atoms with Gasteiger partial charge in [-0.05, 0) is 61.4 Å². The average molecular weight is 426 g/mol. The number of nitrogens with two attached hydrogens (primary N) is 1. The summed E-state index contributed by atoms with van der Waals surface area (Å²) in [5.41, 5.74) is 0.421. The van der Waals surface area contributed by atoms with Crippen LogP contribution in [-0.2, 0) is 19.6 Å². The lowest BCUT2D eigenvalue weighted by atomic mass is 9.90. The maximum Gasteiger partial charge on any atom is 0.238 e. The van der Waals surface area contributed by atoms with Crippen LogP contribution in [0.2, 0.25) is 10.0 Å². The fourth-order valence-electron chi connectivity index (χ4n) is 2.88. The fraction of sp³-hybridized carbons (Fsp3) is 0.211. The van der Waals surface area contributed by atoms with Gasteiger partial charge in [0.25, 0.3) is 0 Å². The Hall–Kier alpha value is -1.86. The smallest absolute Gasteiger partial charge is 0.238 e. The van der Waals surface area contributed by atoms with Gasteiger partial charge in [0.1, 0.15) is 5.76 Å². The van der Waals surface area contributed by atoms with Crippen LogP contribution in [-0.4, -0.2) is 19.8 Å². The van der Waals surface area contributed by atoms with Crippen molar-refractivity contribution in [2.24, 2.45) is 5.14 Å². The molecule has 2 aromatic carbocycles. The molecule has 0 radical (unpaired) electrons. The molecule has 0 spiro atoms. The number of carbonyl (C=O) groups excluding carboxylic acids is 1. The predicted molar refractivity (Wildman–Crippen MR) is 106 cm³/mol. The summed E-state index contributed by atoms with van der Waals surface area (Å²) in [5, 5.41) is 5.93. The van der Waals surface area contributed by atoms with Gasteiger partial charge in [-0.2, -0.15) is 0 Å². The molecule has 1 unspecified atom stereocenters. The summed E-state index contributed by atoms with van der Waals surface area (Å²) >= 11 is 12.2. The zero-order valence-electron chi connectivity index (χ0n) is 14.6. The molecule has 0 saturated heterocycles. The van der Waals surface area contributed by atoms with E-state index in [0.29, 0.717) is 38.9 Å². The van der Waals surface area contributed by atoms with Crippen molar-refractivity contribution < 1.29 is 17.9 Å². The first-order valence-corrected chi connectivity index (χ1v) is 10.4. The van der Waals surface area contributed by atoms with Crippen molar-refractivity contribution in [2.45, 2.75) is 30.8 Å². The van der Waals surface area contributed by atoms with Gasteiger partial charge in [-0.15, -0.1) is 0 Å². The summed E-state index contributed by atoms with van der Waals surface area (Å²) in [4.78, 5) is 13.1. The summed E-state index contributed by atoms with van der Waals surface area (Å²) in [6.45, 7) is 3.57. The van der Waals surface area contributed by atoms with Crippen LogP contribution in [0.15, 0.2) is 47.4 Å². The maximum atomic E-state index is 13.1. The topological polar surface area (TPSA) is 86.5 Å². The monoisotopic (exact) mass is 425 g/mol. The number of rotatable bonds is 4. The molecule has 0 saturated carbocycles. The van der Waals surface area contributed by atoms with Crippen LogP contribution < -0.4 is 5.14 Å². The molecule has 142 valence electrons. The average Bonchev–Trinajstić information content (AvgIpc) is 2.86. The van der Waals surface area contributed by atoms with Crippen molar-refractivity contribution in [2.75, 3.05) is 0 Å². The lowest BCUT2D eigenvalue weighted by Crippen LogP contribution is -2.32. The number of benzene rings is 2. The Morgan fingerprint density at radius 1 is 1.04 bits per heavy atom. The number of carbonyl (C=O) groups is 1. The third kappa shape index (κ3) is 3.75. The SMILES string of the molecule is CCC1(C)OC(c2ccc(S(N)(=O)=O)cc2)=C(c2cc(Cl)cc(Cl)c2)C1=O. The molecule has 0 amide bonds. The molecule has 0 aromatic heterocycles. The van der Waals surface area contributed by atoms with Crippen LogP contribution in [0.4, 0.5) is 0 Å². The number of halogens is 2. The number of Topliss-reactive ketones (excluding diaryl/α,β-unsaturated/α-hetero) is 1. The molecule has 1 aliphatic rings. The van der Waals surface area contributed by atoms with Crippen LogP contribution in [0.25, 0.3) is 11.3 Å². The van der Waals surface area contributed by atoms with Crippen molar-refractivity contribution >= 4 is 50.3 Å². The summed E-state index contributed by atoms with van der Waals surface area (Å²) in [6, 6.07) is 10.7. The normalized spacial score (nSPS) is 20.1. The van der Waals surface area contributed by atoms with Crippen molar-refractivity contribution in [1.29, 1.82) is 0 Å². The van der Waals surface area contributed by atoms with E-state index in [1.807, 2.05) is 6.92 Å². The fourth-order valence-corrected chi connectivity index (χ4v) is 3.92. The summed E-state index contributed by atoms with van der Waals surface area (Å²) in [6.07, 6.45) is 0.461. The Bertz CT molecular complexity index is 1040. The van der Waals surface area contributed by atoms with E-state index in [1.165, 1.54) is 12.1 Å². The zero-order valence-corrected chi connectivity index (χ0v) is 17.0. The van der Waals surface area contributed by atoms with Gasteiger partial charge in [-0.1, -0.05) is 30.1 Å². The number of sulfonamides is 1. The molecule has 27 heavy (non-hydrogen) atoms. The molecular weight excluding hydrogens is 409 g/mol. The first-order chi connectivity index (χ1) is 12.5. The van der Waals surface area contributed by atoms with E-state index in [2.05, 4.69) is 0 Å². The first kappa shape index (κ1) is 19.9. The van der Waals surface area contributed by atoms with Gasteiger partial charge < -0.3 is 4.74 Å². The Morgan fingerprint density at radius 3 is 2.07 bits per heavy atom. The van der Waals surface area contributed by atoms with Gasteiger partial charge in [0.2, 0.25) is 15.8 Å². The van der Waals surface area contributed by atoms with E-state index < -0.39 is 15.6 Å². The number of ketones is 1. The quantitative estimate of drug-likeness (QED) is 0.791. The molecule has 3 rings (SSSR count). The summed E-state index contributed by atoms with van der Waals surface area (Å²) in [5.74, 6) is 0.164. The molecule has 8 heteroatoms. The second-order valence-electron chi connectivity index (χ2n) is 6.45. The molecule has 1 atom stereocenters. The zero-order chi connectivity index (χ0) is 20.0. The second kappa shape index (κ2) is 6.95. The van der Waals surface area contributed by atoms with Crippen LogP contribution in [0.5, 0.6) is 0 Å². The number of hydrogen-bond acceptors (Lipinski definition) is 4. The second-order valence-corrected chi connectivity index (χ2v) is 8.88. The van der Waals surface area contributed by atoms with Crippen LogP contribution >= 0.6 is 23.2 Å². The Labute approximate surface area is 167 Å². The Morgan fingerprint density at radius 2 is 1.59 bits per heavy atom. The van der Waals surface area contributed by atoms with Gasteiger partial charge in [0, 0.05) is 15.6 Å². The molecule has 0 fully saturated rings. The van der Waals surface area contributed by atoms with E-state index >= 15 is 0 Å². The minimum atomic E-state index is -3.82. The highest BCUT2D eigenvalue weighted by Crippen LogP contribution is 2.43. The van der Waals surface area contributed by atoms with E-state index in [0.717, 1.165) is 0 Å². The minimum absolute atomic E-state index is 0.0261. The van der Waals surface area contributed by atoms with Gasteiger partial charge >= 0.3 is 0 Å². The molecule has 5 nitrogen and oxygen atoms in total. The van der Waals surface area contributed by atoms with Gasteiger partial charge in [0.05, 0.1) is 10.5 Å². The molecule has 2 aromatic rings. The van der Waals surface area contributed by atoms with Crippen molar-refractivity contribution in [3.05, 3.63) is 63.6 Å². The molecule has 0 bridgehead atoms. The summed E-state index contributed by atoms with van der Waals surface area (Å²) < 4.78 is 29.0. The standard InChI is InChI=1S/C19H17Cl2NO4S/c1-3-19(2)18(23)16(12-8-13(20)10-14(21)9-12)17(26-19)11-4-6-15(7-5-11)27(22,24)25/h4-10H,3H2,1-2H3,(H2,22,24,25). The molecule has 1 heterocycles. The highest BCUT2D eigenvalue weighted by atomic mass is 35.5. The van der Waals surface area contributed by atoms with Gasteiger partial charge in [-0.25, -0.2) is 13.6 Å². The van der Waals surface area contributed by atoms with Crippen LogP contribution in [0, 0.1) is 0 Å². The van der Waals surface area contributed by atoms with Crippen molar-refractivity contribution in [3.63, 3.8) is 0 Å². The molecule has 0 aliphatic carbocycles. The largest absolute Gasteiger partial charge is 0.478 e. The van der Waals surface area contributed by atoms with E-state index in [-0.39, 0.29) is 10.7 Å². The minimum Gasteiger partial charge on any atom is -0.478 e. The first-order valence-electron chi connectivity index (χ1n) is 8.13. The van der Waals surface area contributed by atoms with Crippen molar-refractivity contribution in [3.8, 4) is 0 Å². The maximum absolute atomic E-state index is 13.1. The third-order valence-electron chi connectivity index (χ3n) is 4.53.